The highest BCUT2D eigenvalue weighted by atomic mass is 32.2. The van der Waals surface area contributed by atoms with Crippen LogP contribution in [0.2, 0.25) is 0 Å². The predicted octanol–water partition coefficient (Wildman–Crippen LogP) is 1.45. The Morgan fingerprint density at radius 1 is 1.29 bits per heavy atom. The average molecular weight is 328 g/mol. The highest BCUT2D eigenvalue weighted by Crippen LogP contribution is 2.35. The van der Waals surface area contributed by atoms with Crippen molar-refractivity contribution >= 4 is 10.1 Å². The maximum absolute atomic E-state index is 12.4. The molecule has 1 aromatic carbocycles. The summed E-state index contributed by atoms with van der Waals surface area (Å²) >= 11 is 0. The third-order valence-corrected chi connectivity index (χ3v) is 3.58. The Labute approximate surface area is 118 Å². The van der Waals surface area contributed by atoms with Gasteiger partial charge >= 0.3 is 15.6 Å². The number of hydrogen-bond donors (Lipinski definition) is 1. The van der Waals surface area contributed by atoms with E-state index < -0.39 is 27.7 Å². The van der Waals surface area contributed by atoms with Gasteiger partial charge in [0.15, 0.2) is 12.0 Å². The van der Waals surface area contributed by atoms with Crippen LogP contribution in [0.4, 0.5) is 13.2 Å². The molecule has 0 aliphatic carbocycles. The topological polar surface area (TPSA) is 82.1 Å². The molecule has 0 saturated carbocycles. The molecule has 10 heteroatoms. The van der Waals surface area contributed by atoms with Crippen molar-refractivity contribution in [3.63, 3.8) is 0 Å². The van der Waals surface area contributed by atoms with Gasteiger partial charge in [-0.2, -0.15) is 21.6 Å². The normalized spacial score (nSPS) is 17.1. The first-order valence-corrected chi connectivity index (χ1v) is 7.13. The van der Waals surface area contributed by atoms with Crippen molar-refractivity contribution in [1.82, 2.24) is 0 Å². The van der Waals surface area contributed by atoms with Gasteiger partial charge in [-0.1, -0.05) is 6.07 Å². The molecule has 1 saturated heterocycles. The van der Waals surface area contributed by atoms with Crippen LogP contribution in [0, 0.1) is 0 Å². The Morgan fingerprint density at radius 2 is 1.90 bits per heavy atom. The summed E-state index contributed by atoms with van der Waals surface area (Å²) < 4.78 is 73.6. The lowest BCUT2D eigenvalue weighted by molar-refractivity contribution is -0.0524. The predicted molar refractivity (Wildman–Crippen MR) is 62.6 cm³/mol. The highest BCUT2D eigenvalue weighted by Gasteiger charge is 2.49. The summed E-state index contributed by atoms with van der Waals surface area (Å²) in [5, 5.41) is 9.04. The molecule has 1 heterocycles. The van der Waals surface area contributed by atoms with Crippen LogP contribution >= 0.6 is 0 Å². The number of halogens is 3. The van der Waals surface area contributed by atoms with E-state index in [-0.39, 0.29) is 25.4 Å². The maximum Gasteiger partial charge on any atom is 0.534 e. The minimum atomic E-state index is -5.80. The van der Waals surface area contributed by atoms with Crippen molar-refractivity contribution in [2.75, 3.05) is 13.2 Å². The van der Waals surface area contributed by atoms with Gasteiger partial charge in [0.2, 0.25) is 0 Å². The maximum atomic E-state index is 12.4. The van der Waals surface area contributed by atoms with Crippen molar-refractivity contribution in [2.24, 2.45) is 0 Å². The minimum Gasteiger partial charge on any atom is -0.392 e. The van der Waals surface area contributed by atoms with Crippen molar-refractivity contribution < 1.29 is 40.4 Å². The Morgan fingerprint density at radius 3 is 2.43 bits per heavy atom. The van der Waals surface area contributed by atoms with E-state index in [2.05, 4.69) is 4.18 Å². The molecule has 1 fully saturated rings. The third-order valence-electron chi connectivity index (χ3n) is 2.62. The van der Waals surface area contributed by atoms with E-state index in [4.69, 9.17) is 14.6 Å². The van der Waals surface area contributed by atoms with Crippen LogP contribution in [0.3, 0.4) is 0 Å². The second kappa shape index (κ2) is 5.79. The second-order valence-corrected chi connectivity index (χ2v) is 5.62. The van der Waals surface area contributed by atoms with Crippen LogP contribution in [0.15, 0.2) is 18.2 Å². The first kappa shape index (κ1) is 16.0. The number of ether oxygens (including phenoxy) is 2. The number of alkyl halides is 3. The van der Waals surface area contributed by atoms with Gasteiger partial charge in [-0.15, -0.1) is 0 Å². The quantitative estimate of drug-likeness (QED) is 0.665. The van der Waals surface area contributed by atoms with Gasteiger partial charge in [-0.25, -0.2) is 0 Å². The molecule has 2 rings (SSSR count). The molecule has 21 heavy (non-hydrogen) atoms. The standard InChI is InChI=1S/C11H11F3O6S/c12-11(13,14)21(16,17)20-9-2-1-7(6-15)5-8(9)10-18-3-4-19-10/h1-2,5,10,15H,3-4,6H2. The molecule has 1 aliphatic rings. The molecule has 1 aromatic rings. The zero-order valence-corrected chi connectivity index (χ0v) is 11.3. The van der Waals surface area contributed by atoms with E-state index >= 15 is 0 Å². The van der Waals surface area contributed by atoms with Crippen molar-refractivity contribution in [1.29, 1.82) is 0 Å². The van der Waals surface area contributed by atoms with Gasteiger partial charge in [-0.3, -0.25) is 0 Å². The zero-order valence-electron chi connectivity index (χ0n) is 10.5. The van der Waals surface area contributed by atoms with Gasteiger partial charge in [-0.05, 0) is 17.7 Å². The number of aliphatic hydroxyl groups is 1. The second-order valence-electron chi connectivity index (χ2n) is 4.09. The van der Waals surface area contributed by atoms with Crippen molar-refractivity contribution in [3.05, 3.63) is 29.3 Å². The Hall–Kier alpha value is -1.36. The molecule has 0 bridgehead atoms. The Balaban J connectivity index is 2.39. The summed E-state index contributed by atoms with van der Waals surface area (Å²) in [6, 6.07) is 3.51. The van der Waals surface area contributed by atoms with E-state index in [1.807, 2.05) is 0 Å². The van der Waals surface area contributed by atoms with E-state index in [0.29, 0.717) is 5.56 Å². The van der Waals surface area contributed by atoms with Gasteiger partial charge in [0.05, 0.1) is 25.4 Å². The number of hydrogen-bond acceptors (Lipinski definition) is 6. The van der Waals surface area contributed by atoms with Gasteiger partial charge in [0.1, 0.15) is 0 Å². The number of benzene rings is 1. The van der Waals surface area contributed by atoms with E-state index in [1.165, 1.54) is 12.1 Å². The molecule has 1 N–H and O–H groups in total. The monoisotopic (exact) mass is 328 g/mol. The molecular formula is C11H11F3O6S. The summed E-state index contributed by atoms with van der Waals surface area (Å²) in [5.41, 5.74) is -5.23. The average Bonchev–Trinajstić information content (AvgIpc) is 2.91. The van der Waals surface area contributed by atoms with E-state index in [0.717, 1.165) is 6.07 Å². The molecular weight excluding hydrogens is 317 g/mol. The fourth-order valence-electron chi connectivity index (χ4n) is 1.66. The van der Waals surface area contributed by atoms with E-state index in [9.17, 15) is 21.6 Å². The lowest BCUT2D eigenvalue weighted by Crippen LogP contribution is -2.28. The summed E-state index contributed by atoms with van der Waals surface area (Å²) in [4.78, 5) is 0. The fraction of sp³-hybridized carbons (Fsp3) is 0.455. The van der Waals surface area contributed by atoms with Crippen molar-refractivity contribution in [3.8, 4) is 5.75 Å². The zero-order chi connectivity index (χ0) is 15.7. The first-order valence-electron chi connectivity index (χ1n) is 5.72. The molecule has 0 amide bonds. The van der Waals surface area contributed by atoms with Crippen LogP contribution in [-0.2, 0) is 26.2 Å². The van der Waals surface area contributed by atoms with E-state index in [1.54, 1.807) is 0 Å². The summed E-state index contributed by atoms with van der Waals surface area (Å²) in [6.07, 6.45) is -1.05. The van der Waals surface area contributed by atoms with Crippen LogP contribution in [0.25, 0.3) is 0 Å². The molecule has 0 atom stereocenters. The summed E-state index contributed by atoms with van der Waals surface area (Å²) in [5.74, 6) is -0.559. The number of aliphatic hydroxyl groups excluding tert-OH is 1. The largest absolute Gasteiger partial charge is 0.534 e. The Kier molecular flexibility index (Phi) is 4.42. The summed E-state index contributed by atoms with van der Waals surface area (Å²) in [6.45, 7) is 0.0327. The minimum absolute atomic E-state index is 0.0353. The first-order chi connectivity index (χ1) is 9.74. The molecule has 0 aromatic heterocycles. The lowest BCUT2D eigenvalue weighted by Gasteiger charge is -2.16. The lowest BCUT2D eigenvalue weighted by atomic mass is 10.1. The molecule has 1 aliphatic heterocycles. The molecule has 6 nitrogen and oxygen atoms in total. The molecule has 0 spiro atoms. The molecule has 118 valence electrons. The van der Waals surface area contributed by atoms with Crippen LogP contribution in [0.1, 0.15) is 17.4 Å². The van der Waals surface area contributed by atoms with Crippen molar-refractivity contribution in [2.45, 2.75) is 18.4 Å². The third kappa shape index (κ3) is 3.46. The SMILES string of the molecule is O=S(=O)(Oc1ccc(CO)cc1C1OCCO1)C(F)(F)F. The van der Waals surface area contributed by atoms with Crippen LogP contribution < -0.4 is 4.18 Å². The van der Waals surface area contributed by atoms with Gasteiger partial charge < -0.3 is 18.8 Å². The van der Waals surface area contributed by atoms with Crippen LogP contribution in [0.5, 0.6) is 5.75 Å². The highest BCUT2D eigenvalue weighted by molar-refractivity contribution is 7.88. The smallest absolute Gasteiger partial charge is 0.392 e. The van der Waals surface area contributed by atoms with Crippen LogP contribution in [-0.4, -0.2) is 32.2 Å². The number of rotatable bonds is 4. The molecule has 0 radical (unpaired) electrons. The summed E-state index contributed by atoms with van der Waals surface area (Å²) in [7, 11) is -5.80. The molecule has 0 unspecified atom stereocenters. The Bertz CT molecular complexity index is 607. The van der Waals surface area contributed by atoms with Gasteiger partial charge in [0.25, 0.3) is 0 Å². The van der Waals surface area contributed by atoms with Gasteiger partial charge in [0, 0.05) is 0 Å². The fourth-order valence-corrected chi connectivity index (χ4v) is 2.14.